The lowest BCUT2D eigenvalue weighted by atomic mass is 9.96. The number of likely N-dealkylation sites (tertiary alicyclic amines) is 1. The molecule has 0 amide bonds. The molecular formula is C13H27NO. The van der Waals surface area contributed by atoms with Crippen molar-refractivity contribution in [1.82, 2.24) is 4.90 Å². The van der Waals surface area contributed by atoms with Crippen molar-refractivity contribution in [2.24, 2.45) is 0 Å². The molecule has 2 nitrogen and oxygen atoms in total. The lowest BCUT2D eigenvalue weighted by molar-refractivity contribution is -0.0347. The van der Waals surface area contributed by atoms with Crippen molar-refractivity contribution in [3.8, 4) is 0 Å². The van der Waals surface area contributed by atoms with Gasteiger partial charge in [0.15, 0.2) is 0 Å². The minimum atomic E-state index is 0.431. The van der Waals surface area contributed by atoms with Gasteiger partial charge in [0.25, 0.3) is 0 Å². The minimum Gasteiger partial charge on any atom is -0.376 e. The number of hydrogen-bond acceptors (Lipinski definition) is 2. The Morgan fingerprint density at radius 3 is 1.67 bits per heavy atom. The molecule has 0 aromatic carbocycles. The molecule has 1 heterocycles. The first-order valence-corrected chi connectivity index (χ1v) is 6.49. The fourth-order valence-corrected chi connectivity index (χ4v) is 1.75. The van der Waals surface area contributed by atoms with Crippen LogP contribution in [0.25, 0.3) is 0 Å². The van der Waals surface area contributed by atoms with E-state index in [1.165, 1.54) is 38.8 Å². The standard InChI is InChI=1S/C7H14O.C6H13N/c1-6(2)8-7-4-3-5-7;1-6(2)7-4-3-5-7/h6-7H,3-5H2,1-2H3;6H,3-5H2,1-2H3. The summed E-state index contributed by atoms with van der Waals surface area (Å²) < 4.78 is 5.49. The average molecular weight is 213 g/mol. The Balaban J connectivity index is 0.000000151. The van der Waals surface area contributed by atoms with E-state index in [0.29, 0.717) is 12.2 Å². The van der Waals surface area contributed by atoms with E-state index in [9.17, 15) is 0 Å². The SMILES string of the molecule is CC(C)N1CCC1.CC(C)OC1CCC1. The predicted molar refractivity (Wildman–Crippen MR) is 65.2 cm³/mol. The second-order valence-electron chi connectivity index (χ2n) is 5.22. The molecule has 1 saturated heterocycles. The highest BCUT2D eigenvalue weighted by Gasteiger charge is 2.18. The van der Waals surface area contributed by atoms with Gasteiger partial charge in [-0.2, -0.15) is 0 Å². The van der Waals surface area contributed by atoms with E-state index >= 15 is 0 Å². The Hall–Kier alpha value is -0.0800. The molecule has 0 N–H and O–H groups in total. The zero-order chi connectivity index (χ0) is 11.3. The van der Waals surface area contributed by atoms with Gasteiger partial charge >= 0.3 is 0 Å². The average Bonchev–Trinajstić information content (AvgIpc) is 1.93. The van der Waals surface area contributed by atoms with Crippen LogP contribution in [-0.4, -0.2) is 36.2 Å². The summed E-state index contributed by atoms with van der Waals surface area (Å²) in [5.74, 6) is 0. The Morgan fingerprint density at radius 1 is 1.00 bits per heavy atom. The van der Waals surface area contributed by atoms with Gasteiger partial charge < -0.3 is 9.64 Å². The molecular weight excluding hydrogens is 186 g/mol. The van der Waals surface area contributed by atoms with E-state index in [-0.39, 0.29) is 0 Å². The highest BCUT2D eigenvalue weighted by atomic mass is 16.5. The van der Waals surface area contributed by atoms with Crippen LogP contribution in [-0.2, 0) is 4.74 Å². The number of ether oxygens (including phenoxy) is 1. The first kappa shape index (κ1) is 13.0. The van der Waals surface area contributed by atoms with E-state index in [2.05, 4.69) is 32.6 Å². The van der Waals surface area contributed by atoms with Crippen LogP contribution in [0.5, 0.6) is 0 Å². The van der Waals surface area contributed by atoms with E-state index in [4.69, 9.17) is 4.74 Å². The predicted octanol–water partition coefficient (Wildman–Crippen LogP) is 3.06. The van der Waals surface area contributed by atoms with Crippen molar-refractivity contribution < 1.29 is 4.74 Å². The molecule has 0 aromatic rings. The van der Waals surface area contributed by atoms with Crippen molar-refractivity contribution in [1.29, 1.82) is 0 Å². The maximum absolute atomic E-state index is 5.49. The first-order chi connectivity index (χ1) is 7.09. The topological polar surface area (TPSA) is 12.5 Å². The van der Waals surface area contributed by atoms with Gasteiger partial charge in [-0.05, 0) is 66.5 Å². The van der Waals surface area contributed by atoms with E-state index < -0.39 is 0 Å². The van der Waals surface area contributed by atoms with Crippen LogP contribution in [0.4, 0.5) is 0 Å². The van der Waals surface area contributed by atoms with Gasteiger partial charge in [-0.25, -0.2) is 0 Å². The van der Waals surface area contributed by atoms with E-state index in [1.807, 2.05) is 0 Å². The van der Waals surface area contributed by atoms with Crippen LogP contribution in [0, 0.1) is 0 Å². The maximum atomic E-state index is 5.49. The summed E-state index contributed by atoms with van der Waals surface area (Å²) in [6.07, 6.45) is 6.40. The highest BCUT2D eigenvalue weighted by Crippen LogP contribution is 2.22. The van der Waals surface area contributed by atoms with Crippen LogP contribution in [0.3, 0.4) is 0 Å². The first-order valence-electron chi connectivity index (χ1n) is 6.49. The van der Waals surface area contributed by atoms with Gasteiger partial charge in [0.05, 0.1) is 12.2 Å². The monoisotopic (exact) mass is 213 g/mol. The molecule has 0 aromatic heterocycles. The van der Waals surface area contributed by atoms with Crippen molar-refractivity contribution >= 4 is 0 Å². The van der Waals surface area contributed by atoms with Gasteiger partial charge in [0.2, 0.25) is 0 Å². The molecule has 1 aliphatic carbocycles. The molecule has 0 bridgehead atoms. The molecule has 2 fully saturated rings. The van der Waals surface area contributed by atoms with Gasteiger partial charge in [0.1, 0.15) is 0 Å². The fourth-order valence-electron chi connectivity index (χ4n) is 1.75. The number of rotatable bonds is 3. The summed E-state index contributed by atoms with van der Waals surface area (Å²) in [5.41, 5.74) is 0. The molecule has 1 saturated carbocycles. The van der Waals surface area contributed by atoms with E-state index in [1.54, 1.807) is 0 Å². The molecule has 0 unspecified atom stereocenters. The minimum absolute atomic E-state index is 0.431. The largest absolute Gasteiger partial charge is 0.376 e. The maximum Gasteiger partial charge on any atom is 0.0578 e. The summed E-state index contributed by atoms with van der Waals surface area (Å²) in [4.78, 5) is 2.47. The molecule has 0 radical (unpaired) electrons. The lowest BCUT2D eigenvalue weighted by Crippen LogP contribution is -2.41. The molecule has 2 aliphatic rings. The zero-order valence-corrected chi connectivity index (χ0v) is 10.8. The van der Waals surface area contributed by atoms with Crippen molar-refractivity contribution in [2.45, 2.75) is 71.6 Å². The van der Waals surface area contributed by atoms with Crippen LogP contribution >= 0.6 is 0 Å². The number of hydrogen-bond donors (Lipinski definition) is 0. The molecule has 15 heavy (non-hydrogen) atoms. The molecule has 90 valence electrons. The third-order valence-corrected chi connectivity index (χ3v) is 3.14. The summed E-state index contributed by atoms with van der Waals surface area (Å²) in [7, 11) is 0. The van der Waals surface area contributed by atoms with Crippen molar-refractivity contribution in [2.75, 3.05) is 13.1 Å². The molecule has 0 spiro atoms. The molecule has 2 rings (SSSR count). The van der Waals surface area contributed by atoms with Crippen LogP contribution in [0.15, 0.2) is 0 Å². The van der Waals surface area contributed by atoms with Crippen molar-refractivity contribution in [3.63, 3.8) is 0 Å². The molecule has 0 atom stereocenters. The fraction of sp³-hybridized carbons (Fsp3) is 1.00. The quantitative estimate of drug-likeness (QED) is 0.714. The second-order valence-corrected chi connectivity index (χ2v) is 5.22. The van der Waals surface area contributed by atoms with Crippen molar-refractivity contribution in [3.05, 3.63) is 0 Å². The van der Waals surface area contributed by atoms with E-state index in [0.717, 1.165) is 6.04 Å². The normalized spacial score (nSPS) is 22.0. The third-order valence-electron chi connectivity index (χ3n) is 3.14. The van der Waals surface area contributed by atoms with Crippen LogP contribution < -0.4 is 0 Å². The molecule has 2 heteroatoms. The molecule has 1 aliphatic heterocycles. The summed E-state index contributed by atoms with van der Waals surface area (Å²) in [5, 5.41) is 0. The summed E-state index contributed by atoms with van der Waals surface area (Å²) >= 11 is 0. The Bertz CT molecular complexity index is 160. The van der Waals surface area contributed by atoms with Crippen LogP contribution in [0.2, 0.25) is 0 Å². The van der Waals surface area contributed by atoms with Crippen LogP contribution in [0.1, 0.15) is 53.4 Å². The van der Waals surface area contributed by atoms with Gasteiger partial charge in [-0.3, -0.25) is 0 Å². The third kappa shape index (κ3) is 4.98. The van der Waals surface area contributed by atoms with Gasteiger partial charge in [-0.15, -0.1) is 0 Å². The zero-order valence-electron chi connectivity index (χ0n) is 10.8. The van der Waals surface area contributed by atoms with Gasteiger partial charge in [-0.1, -0.05) is 0 Å². The summed E-state index contributed by atoms with van der Waals surface area (Å²) in [6.45, 7) is 11.4. The lowest BCUT2D eigenvalue weighted by Gasteiger charge is -2.34. The Labute approximate surface area is 95.0 Å². The second kappa shape index (κ2) is 6.49. The van der Waals surface area contributed by atoms with Gasteiger partial charge in [0, 0.05) is 6.04 Å². The number of nitrogens with zero attached hydrogens (tertiary/aromatic N) is 1. The summed E-state index contributed by atoms with van der Waals surface area (Å²) in [6, 6.07) is 0.786. The highest BCUT2D eigenvalue weighted by molar-refractivity contribution is 4.71. The Morgan fingerprint density at radius 2 is 1.60 bits per heavy atom. The smallest absolute Gasteiger partial charge is 0.0578 e. The Kier molecular flexibility index (Phi) is 5.62.